The lowest BCUT2D eigenvalue weighted by atomic mass is 10.1. The normalized spacial score (nSPS) is 11.0. The maximum Gasteiger partial charge on any atom is 0.336 e. The highest BCUT2D eigenvalue weighted by Crippen LogP contribution is 2.14. The number of rotatable bonds is 7. The molecule has 0 aliphatic rings. The smallest absolute Gasteiger partial charge is 0.336 e. The van der Waals surface area contributed by atoms with Crippen molar-refractivity contribution < 1.29 is 9.18 Å². The van der Waals surface area contributed by atoms with Crippen LogP contribution in [-0.4, -0.2) is 15.0 Å². The number of para-hydroxylation sites is 1. The van der Waals surface area contributed by atoms with E-state index >= 15 is 0 Å². The monoisotopic (exact) mass is 499 g/mol. The van der Waals surface area contributed by atoms with Gasteiger partial charge in [0.2, 0.25) is 5.91 Å². The van der Waals surface area contributed by atoms with Crippen molar-refractivity contribution in [3.05, 3.63) is 133 Å². The number of hydrogen-bond acceptors (Lipinski definition) is 4. The third-order valence-corrected chi connectivity index (χ3v) is 6.78. The molecule has 2 heterocycles. The van der Waals surface area contributed by atoms with Crippen molar-refractivity contribution >= 4 is 28.1 Å². The van der Waals surface area contributed by atoms with Gasteiger partial charge < -0.3 is 5.32 Å². The number of nitrogens with one attached hydrogen (secondary N) is 1. The number of nitrogens with zero attached hydrogens (tertiary/aromatic N) is 2. The van der Waals surface area contributed by atoms with Gasteiger partial charge in [-0.1, -0.05) is 42.5 Å². The summed E-state index contributed by atoms with van der Waals surface area (Å²) in [4.78, 5) is 40.2. The molecule has 36 heavy (non-hydrogen) atoms. The molecule has 3 aromatic carbocycles. The van der Waals surface area contributed by atoms with E-state index in [0.717, 1.165) is 20.6 Å². The van der Waals surface area contributed by atoms with Gasteiger partial charge in [-0.2, -0.15) is 0 Å². The molecule has 0 saturated carbocycles. The van der Waals surface area contributed by atoms with Crippen LogP contribution in [0.3, 0.4) is 0 Å². The Morgan fingerprint density at radius 2 is 1.58 bits per heavy atom. The maximum absolute atomic E-state index is 13.5. The zero-order valence-corrected chi connectivity index (χ0v) is 20.0. The number of aromatic nitrogens is 2. The van der Waals surface area contributed by atoms with Gasteiger partial charge in [-0.3, -0.25) is 14.2 Å². The Kier molecular flexibility index (Phi) is 6.60. The molecule has 8 heteroatoms. The minimum Gasteiger partial charge on any atom is -0.351 e. The van der Waals surface area contributed by atoms with Crippen molar-refractivity contribution in [3.8, 4) is 5.69 Å². The van der Waals surface area contributed by atoms with Crippen LogP contribution in [-0.2, 0) is 24.3 Å². The van der Waals surface area contributed by atoms with E-state index in [4.69, 9.17) is 0 Å². The van der Waals surface area contributed by atoms with Crippen LogP contribution in [0.5, 0.6) is 0 Å². The molecule has 0 atom stereocenters. The Bertz CT molecular complexity index is 1640. The molecule has 0 fully saturated rings. The summed E-state index contributed by atoms with van der Waals surface area (Å²) in [6, 6.07) is 23.6. The van der Waals surface area contributed by atoms with Crippen molar-refractivity contribution in [2.75, 3.05) is 0 Å². The fraction of sp³-hybridized carbons (Fsp3) is 0.107. The number of fused-ring (bicyclic) bond motifs is 1. The molecule has 0 aliphatic heterocycles. The quantitative estimate of drug-likeness (QED) is 0.364. The first-order chi connectivity index (χ1) is 17.5. The van der Waals surface area contributed by atoms with E-state index in [1.54, 1.807) is 72.0 Å². The van der Waals surface area contributed by atoms with Crippen LogP contribution in [0.1, 0.15) is 16.0 Å². The van der Waals surface area contributed by atoms with Gasteiger partial charge in [-0.05, 0) is 59.0 Å². The number of carbonyl (C=O) groups is 1. The van der Waals surface area contributed by atoms with Crippen LogP contribution in [0.4, 0.5) is 4.39 Å². The molecule has 1 amide bonds. The van der Waals surface area contributed by atoms with E-state index < -0.39 is 11.2 Å². The average Bonchev–Trinajstić information content (AvgIpc) is 3.41. The van der Waals surface area contributed by atoms with Crippen LogP contribution in [0.25, 0.3) is 16.6 Å². The summed E-state index contributed by atoms with van der Waals surface area (Å²) in [7, 11) is 0. The van der Waals surface area contributed by atoms with Crippen molar-refractivity contribution in [2.45, 2.75) is 19.5 Å². The van der Waals surface area contributed by atoms with E-state index in [1.165, 1.54) is 16.7 Å². The first kappa shape index (κ1) is 23.4. The van der Waals surface area contributed by atoms with Gasteiger partial charge in [0.25, 0.3) is 5.56 Å². The second-order valence-electron chi connectivity index (χ2n) is 8.35. The summed E-state index contributed by atoms with van der Waals surface area (Å²) in [5, 5.41) is 5.25. The number of amides is 1. The minimum atomic E-state index is -0.496. The SMILES string of the molecule is O=C(Cc1ccc(-n2c(=O)c3ccccc3n(Cc3ccc(F)cc3)c2=O)cc1)NCc1cccs1. The molecule has 0 saturated heterocycles. The molecular weight excluding hydrogens is 477 g/mol. The van der Waals surface area contributed by atoms with Gasteiger partial charge in [-0.15, -0.1) is 11.3 Å². The Balaban J connectivity index is 1.46. The summed E-state index contributed by atoms with van der Waals surface area (Å²) in [5.74, 6) is -0.470. The number of halogens is 1. The van der Waals surface area contributed by atoms with Crippen molar-refractivity contribution in [3.63, 3.8) is 0 Å². The van der Waals surface area contributed by atoms with Crippen LogP contribution < -0.4 is 16.6 Å². The average molecular weight is 500 g/mol. The molecule has 5 aromatic rings. The van der Waals surface area contributed by atoms with E-state index in [-0.39, 0.29) is 24.7 Å². The molecule has 0 spiro atoms. The van der Waals surface area contributed by atoms with Crippen molar-refractivity contribution in [1.82, 2.24) is 14.5 Å². The fourth-order valence-electron chi connectivity index (χ4n) is 4.08. The van der Waals surface area contributed by atoms with E-state index in [0.29, 0.717) is 23.1 Å². The molecule has 2 aromatic heterocycles. The molecule has 0 radical (unpaired) electrons. The highest BCUT2D eigenvalue weighted by atomic mass is 32.1. The van der Waals surface area contributed by atoms with Crippen molar-refractivity contribution in [1.29, 1.82) is 0 Å². The molecule has 0 aliphatic carbocycles. The third-order valence-electron chi connectivity index (χ3n) is 5.90. The van der Waals surface area contributed by atoms with E-state index in [1.807, 2.05) is 17.5 Å². The fourth-order valence-corrected chi connectivity index (χ4v) is 4.73. The minimum absolute atomic E-state index is 0.110. The maximum atomic E-state index is 13.5. The molecular formula is C28H22FN3O3S. The number of benzene rings is 3. The van der Waals surface area contributed by atoms with Crippen molar-refractivity contribution in [2.24, 2.45) is 0 Å². The number of hydrogen-bond donors (Lipinski definition) is 1. The van der Waals surface area contributed by atoms with Crippen LogP contribution in [0.15, 0.2) is 99.9 Å². The lowest BCUT2D eigenvalue weighted by Crippen LogP contribution is -2.39. The molecule has 0 bridgehead atoms. The summed E-state index contributed by atoms with van der Waals surface area (Å²) in [6.45, 7) is 0.664. The predicted molar refractivity (Wildman–Crippen MR) is 139 cm³/mol. The zero-order valence-electron chi connectivity index (χ0n) is 19.2. The van der Waals surface area contributed by atoms with Crippen LogP contribution >= 0.6 is 11.3 Å². The van der Waals surface area contributed by atoms with Gasteiger partial charge in [0.1, 0.15) is 5.82 Å². The van der Waals surface area contributed by atoms with Crippen LogP contribution in [0.2, 0.25) is 0 Å². The topological polar surface area (TPSA) is 73.1 Å². The van der Waals surface area contributed by atoms with Gasteiger partial charge in [0, 0.05) is 4.88 Å². The highest BCUT2D eigenvalue weighted by molar-refractivity contribution is 7.09. The molecule has 1 N–H and O–H groups in total. The Morgan fingerprint density at radius 1 is 0.861 bits per heavy atom. The Labute approximate surface area is 209 Å². The second-order valence-corrected chi connectivity index (χ2v) is 9.38. The number of thiophene rings is 1. The van der Waals surface area contributed by atoms with Crippen LogP contribution in [0, 0.1) is 5.82 Å². The summed E-state index contributed by atoms with van der Waals surface area (Å²) in [6.07, 6.45) is 0.188. The van der Waals surface area contributed by atoms with Gasteiger partial charge in [0.15, 0.2) is 0 Å². The van der Waals surface area contributed by atoms with E-state index in [9.17, 15) is 18.8 Å². The molecule has 6 nitrogen and oxygen atoms in total. The summed E-state index contributed by atoms with van der Waals surface area (Å²) < 4.78 is 16.0. The molecule has 5 rings (SSSR count). The van der Waals surface area contributed by atoms with Gasteiger partial charge in [-0.25, -0.2) is 13.8 Å². The first-order valence-corrected chi connectivity index (χ1v) is 12.2. The van der Waals surface area contributed by atoms with E-state index in [2.05, 4.69) is 5.32 Å². The first-order valence-electron chi connectivity index (χ1n) is 11.4. The Hall–Kier alpha value is -4.30. The summed E-state index contributed by atoms with van der Waals surface area (Å²) in [5.41, 5.74) is 1.50. The molecule has 0 unspecified atom stereocenters. The largest absolute Gasteiger partial charge is 0.351 e. The lowest BCUT2D eigenvalue weighted by Gasteiger charge is -2.14. The highest BCUT2D eigenvalue weighted by Gasteiger charge is 2.15. The number of carbonyl (C=O) groups excluding carboxylic acids is 1. The third kappa shape index (κ3) is 4.89. The van der Waals surface area contributed by atoms with Gasteiger partial charge in [0.05, 0.1) is 36.1 Å². The predicted octanol–water partition coefficient (Wildman–Crippen LogP) is 4.26. The zero-order chi connectivity index (χ0) is 25.1. The van der Waals surface area contributed by atoms with Gasteiger partial charge >= 0.3 is 5.69 Å². The summed E-state index contributed by atoms with van der Waals surface area (Å²) >= 11 is 1.58. The molecule has 180 valence electrons. The Morgan fingerprint density at radius 3 is 2.31 bits per heavy atom. The lowest BCUT2D eigenvalue weighted by molar-refractivity contribution is -0.120. The standard InChI is InChI=1S/C28H22FN3O3S/c29-21-11-7-20(8-12-21)18-31-25-6-2-1-5-24(25)27(34)32(28(31)35)22-13-9-19(10-14-22)16-26(33)30-17-23-4-3-15-36-23/h1-15H,16-18H2,(H,30,33). The second kappa shape index (κ2) is 10.1.